The average molecular weight is 259 g/mol. The van der Waals surface area contributed by atoms with E-state index in [1.807, 2.05) is 18.2 Å². The third-order valence-electron chi connectivity index (χ3n) is 3.06. The molecule has 0 spiro atoms. The minimum absolute atomic E-state index is 0.719. The van der Waals surface area contributed by atoms with Crippen LogP contribution in [-0.2, 0) is 4.74 Å². The molecule has 2 aromatic rings. The molecular formula is C15H21N3O. The number of hydrogen-bond donors (Lipinski definition) is 2. The minimum Gasteiger partial charge on any atom is -0.398 e. The van der Waals surface area contributed by atoms with Crippen LogP contribution in [0.15, 0.2) is 30.6 Å². The van der Waals surface area contributed by atoms with E-state index in [1.54, 1.807) is 12.4 Å². The van der Waals surface area contributed by atoms with Crippen LogP contribution < -0.4 is 11.1 Å². The van der Waals surface area contributed by atoms with Crippen LogP contribution in [0.25, 0.3) is 10.8 Å². The van der Waals surface area contributed by atoms with Gasteiger partial charge in [-0.25, -0.2) is 0 Å². The number of hydrogen-bond acceptors (Lipinski definition) is 4. The highest BCUT2D eigenvalue weighted by Gasteiger charge is 2.03. The molecule has 102 valence electrons. The van der Waals surface area contributed by atoms with Crippen LogP contribution in [0.4, 0.5) is 11.4 Å². The number of nitrogen functional groups attached to an aromatic ring is 1. The summed E-state index contributed by atoms with van der Waals surface area (Å²) in [6.07, 6.45) is 5.87. The summed E-state index contributed by atoms with van der Waals surface area (Å²) >= 11 is 0. The van der Waals surface area contributed by atoms with Crippen LogP contribution in [0.3, 0.4) is 0 Å². The lowest BCUT2D eigenvalue weighted by molar-refractivity contribution is 0.141. The Morgan fingerprint density at radius 2 is 2.11 bits per heavy atom. The maximum atomic E-state index is 5.94. The summed E-state index contributed by atoms with van der Waals surface area (Å²) in [4.78, 5) is 4.11. The Morgan fingerprint density at radius 3 is 2.95 bits per heavy atom. The first-order valence-electron chi connectivity index (χ1n) is 6.76. The fourth-order valence-electron chi connectivity index (χ4n) is 1.97. The molecule has 0 aliphatic rings. The van der Waals surface area contributed by atoms with Crippen molar-refractivity contribution in [2.45, 2.75) is 19.8 Å². The topological polar surface area (TPSA) is 60.2 Å². The zero-order valence-corrected chi connectivity index (χ0v) is 11.4. The Labute approximate surface area is 114 Å². The standard InChI is InChI=1S/C15H21N3O/c1-2-3-9-19-10-8-18-15-5-4-14(16)13-11-17-7-6-12(13)15/h4-7,11,18H,2-3,8-10,16H2,1H3. The van der Waals surface area contributed by atoms with Crippen molar-refractivity contribution >= 4 is 22.1 Å². The smallest absolute Gasteiger partial charge is 0.0639 e. The lowest BCUT2D eigenvalue weighted by Gasteiger charge is -2.11. The van der Waals surface area contributed by atoms with Gasteiger partial charge in [0.05, 0.1) is 6.61 Å². The van der Waals surface area contributed by atoms with Gasteiger partial charge >= 0.3 is 0 Å². The first-order chi connectivity index (χ1) is 9.33. The lowest BCUT2D eigenvalue weighted by atomic mass is 10.1. The molecular weight excluding hydrogens is 238 g/mol. The average Bonchev–Trinajstić information content (AvgIpc) is 2.45. The SMILES string of the molecule is CCCCOCCNc1ccc(N)c2cnccc12. The van der Waals surface area contributed by atoms with Gasteiger partial charge in [0, 0.05) is 47.7 Å². The quantitative estimate of drug-likeness (QED) is 0.592. The largest absolute Gasteiger partial charge is 0.398 e. The van der Waals surface area contributed by atoms with Gasteiger partial charge in [0.15, 0.2) is 0 Å². The number of nitrogens with zero attached hydrogens (tertiary/aromatic N) is 1. The van der Waals surface area contributed by atoms with Crippen LogP contribution in [0, 0.1) is 0 Å². The number of anilines is 2. The zero-order chi connectivity index (χ0) is 13.5. The van der Waals surface area contributed by atoms with E-state index >= 15 is 0 Å². The summed E-state index contributed by atoms with van der Waals surface area (Å²) in [5.74, 6) is 0. The second-order valence-corrected chi connectivity index (χ2v) is 4.52. The molecule has 0 saturated carbocycles. The normalized spacial score (nSPS) is 10.8. The van der Waals surface area contributed by atoms with Crippen molar-refractivity contribution in [3.05, 3.63) is 30.6 Å². The van der Waals surface area contributed by atoms with Gasteiger partial charge in [0.25, 0.3) is 0 Å². The van der Waals surface area contributed by atoms with Crippen molar-refractivity contribution in [1.29, 1.82) is 0 Å². The fraction of sp³-hybridized carbons (Fsp3) is 0.400. The van der Waals surface area contributed by atoms with Crippen molar-refractivity contribution in [1.82, 2.24) is 4.98 Å². The molecule has 0 aliphatic heterocycles. The highest BCUT2D eigenvalue weighted by molar-refractivity contribution is 6.00. The molecule has 0 unspecified atom stereocenters. The number of benzene rings is 1. The molecule has 0 bridgehead atoms. The second-order valence-electron chi connectivity index (χ2n) is 4.52. The molecule has 19 heavy (non-hydrogen) atoms. The number of unbranched alkanes of at least 4 members (excludes halogenated alkanes) is 1. The third-order valence-corrected chi connectivity index (χ3v) is 3.06. The molecule has 0 amide bonds. The fourth-order valence-corrected chi connectivity index (χ4v) is 1.97. The van der Waals surface area contributed by atoms with Crippen LogP contribution in [0.5, 0.6) is 0 Å². The number of nitrogens with one attached hydrogen (secondary N) is 1. The maximum absolute atomic E-state index is 5.94. The minimum atomic E-state index is 0.719. The molecule has 0 aliphatic carbocycles. The Balaban J connectivity index is 1.96. The van der Waals surface area contributed by atoms with Gasteiger partial charge in [-0.2, -0.15) is 0 Å². The summed E-state index contributed by atoms with van der Waals surface area (Å²) in [6, 6.07) is 5.89. The molecule has 1 heterocycles. The summed E-state index contributed by atoms with van der Waals surface area (Å²) in [5, 5.41) is 5.47. The number of aromatic nitrogens is 1. The van der Waals surface area contributed by atoms with E-state index in [9.17, 15) is 0 Å². The molecule has 0 fully saturated rings. The van der Waals surface area contributed by atoms with E-state index in [4.69, 9.17) is 10.5 Å². The Hall–Kier alpha value is -1.81. The van der Waals surface area contributed by atoms with Crippen LogP contribution in [-0.4, -0.2) is 24.7 Å². The van der Waals surface area contributed by atoms with Gasteiger partial charge < -0.3 is 15.8 Å². The highest BCUT2D eigenvalue weighted by atomic mass is 16.5. The molecule has 1 aromatic heterocycles. The third kappa shape index (κ3) is 3.58. The summed E-state index contributed by atoms with van der Waals surface area (Å²) in [7, 11) is 0. The van der Waals surface area contributed by atoms with Gasteiger partial charge in [-0.05, 0) is 24.6 Å². The second kappa shape index (κ2) is 6.95. The maximum Gasteiger partial charge on any atom is 0.0639 e. The first-order valence-corrected chi connectivity index (χ1v) is 6.76. The van der Waals surface area contributed by atoms with Crippen molar-refractivity contribution in [3.63, 3.8) is 0 Å². The van der Waals surface area contributed by atoms with Crippen LogP contribution >= 0.6 is 0 Å². The Bertz CT molecular complexity index is 528. The van der Waals surface area contributed by atoms with Crippen molar-refractivity contribution in [2.75, 3.05) is 30.8 Å². The van der Waals surface area contributed by atoms with Crippen molar-refractivity contribution in [3.8, 4) is 0 Å². The van der Waals surface area contributed by atoms with Gasteiger partial charge in [0.2, 0.25) is 0 Å². The molecule has 4 heteroatoms. The number of rotatable bonds is 7. The highest BCUT2D eigenvalue weighted by Crippen LogP contribution is 2.27. The summed E-state index contributed by atoms with van der Waals surface area (Å²) in [6.45, 7) is 4.52. The van der Waals surface area contributed by atoms with Crippen LogP contribution in [0.1, 0.15) is 19.8 Å². The molecule has 1 aromatic carbocycles. The predicted molar refractivity (Wildman–Crippen MR) is 80.4 cm³/mol. The molecule has 0 atom stereocenters. The summed E-state index contributed by atoms with van der Waals surface area (Å²) in [5.41, 5.74) is 7.77. The Kier molecular flexibility index (Phi) is 4.98. The molecule has 4 nitrogen and oxygen atoms in total. The van der Waals surface area contributed by atoms with E-state index < -0.39 is 0 Å². The van der Waals surface area contributed by atoms with E-state index in [0.717, 1.165) is 48.3 Å². The molecule has 2 rings (SSSR count). The van der Waals surface area contributed by atoms with Gasteiger partial charge in [0.1, 0.15) is 0 Å². The van der Waals surface area contributed by atoms with Gasteiger partial charge in [-0.15, -0.1) is 0 Å². The lowest BCUT2D eigenvalue weighted by Crippen LogP contribution is -2.10. The van der Waals surface area contributed by atoms with E-state index in [2.05, 4.69) is 17.2 Å². The van der Waals surface area contributed by atoms with Crippen molar-refractivity contribution < 1.29 is 4.74 Å². The number of fused-ring (bicyclic) bond motifs is 1. The number of ether oxygens (including phenoxy) is 1. The van der Waals surface area contributed by atoms with Gasteiger partial charge in [-0.1, -0.05) is 13.3 Å². The van der Waals surface area contributed by atoms with E-state index in [1.165, 1.54) is 6.42 Å². The first kappa shape index (κ1) is 13.6. The number of nitrogens with two attached hydrogens (primary N) is 1. The van der Waals surface area contributed by atoms with Crippen molar-refractivity contribution in [2.24, 2.45) is 0 Å². The van der Waals surface area contributed by atoms with E-state index in [0.29, 0.717) is 0 Å². The Morgan fingerprint density at radius 1 is 1.21 bits per heavy atom. The number of pyridine rings is 1. The van der Waals surface area contributed by atoms with Gasteiger partial charge in [-0.3, -0.25) is 4.98 Å². The molecule has 0 saturated heterocycles. The summed E-state index contributed by atoms with van der Waals surface area (Å²) < 4.78 is 5.53. The zero-order valence-electron chi connectivity index (χ0n) is 11.4. The van der Waals surface area contributed by atoms with E-state index in [-0.39, 0.29) is 0 Å². The molecule has 3 N–H and O–H groups in total. The van der Waals surface area contributed by atoms with Crippen LogP contribution in [0.2, 0.25) is 0 Å². The monoisotopic (exact) mass is 259 g/mol. The molecule has 0 radical (unpaired) electrons. The predicted octanol–water partition coefficient (Wildman–Crippen LogP) is 3.05.